The van der Waals surface area contributed by atoms with Crippen LogP contribution in [0.1, 0.15) is 40.5 Å². The van der Waals surface area contributed by atoms with E-state index in [2.05, 4.69) is 34.7 Å². The third-order valence-corrected chi connectivity index (χ3v) is 3.60. The molecule has 1 rings (SSSR count). The summed E-state index contributed by atoms with van der Waals surface area (Å²) in [5.41, 5.74) is 0. The number of piperazine rings is 1. The highest BCUT2D eigenvalue weighted by molar-refractivity contribution is 5.95. The molecule has 1 fully saturated rings. The van der Waals surface area contributed by atoms with Gasteiger partial charge in [0.15, 0.2) is 0 Å². The van der Waals surface area contributed by atoms with Gasteiger partial charge in [0.25, 0.3) is 0 Å². The van der Waals surface area contributed by atoms with Gasteiger partial charge in [0.2, 0.25) is 5.91 Å². The van der Waals surface area contributed by atoms with E-state index < -0.39 is 6.03 Å². The van der Waals surface area contributed by atoms with Gasteiger partial charge in [-0.15, -0.1) is 0 Å². The van der Waals surface area contributed by atoms with Crippen molar-refractivity contribution in [2.75, 3.05) is 19.6 Å². The molecule has 0 saturated carbocycles. The second kappa shape index (κ2) is 8.21. The summed E-state index contributed by atoms with van der Waals surface area (Å²) in [4.78, 5) is 25.6. The minimum atomic E-state index is -0.416. The lowest BCUT2D eigenvalue weighted by Crippen LogP contribution is -2.58. The Hall–Kier alpha value is -1.14. The van der Waals surface area contributed by atoms with Gasteiger partial charge in [-0.05, 0) is 26.7 Å². The lowest BCUT2D eigenvalue weighted by Gasteiger charge is -2.39. The Morgan fingerprint density at radius 2 is 2.00 bits per heavy atom. The van der Waals surface area contributed by atoms with Crippen LogP contribution in [0.4, 0.5) is 4.79 Å². The number of carbonyl (C=O) groups excluding carboxylic acids is 2. The predicted molar refractivity (Wildman–Crippen MR) is 79.5 cm³/mol. The summed E-state index contributed by atoms with van der Waals surface area (Å²) in [7, 11) is 0. The number of nitrogens with zero attached hydrogens (tertiary/aromatic N) is 1. The predicted octanol–water partition coefficient (Wildman–Crippen LogP) is 0.683. The standard InChI is InChI=1S/C14H28N4O2/c1-5-11-8-18(12(6-2)7-15-11)9-13(19)17-14(20)16-10(3)4/h10-12,15H,5-9H2,1-4H3,(H2,16,17,19,20). The van der Waals surface area contributed by atoms with E-state index in [1.165, 1.54) is 0 Å². The molecular weight excluding hydrogens is 256 g/mol. The number of hydrogen-bond acceptors (Lipinski definition) is 4. The topological polar surface area (TPSA) is 73.5 Å². The molecule has 1 aliphatic rings. The zero-order chi connectivity index (χ0) is 15.1. The molecule has 3 N–H and O–H groups in total. The molecule has 6 heteroatoms. The van der Waals surface area contributed by atoms with E-state index in [0.29, 0.717) is 12.1 Å². The SMILES string of the molecule is CCC1CN(CC(=O)NC(=O)NC(C)C)C(CC)CN1. The fraction of sp³-hybridized carbons (Fsp3) is 0.857. The van der Waals surface area contributed by atoms with Gasteiger partial charge in [0.05, 0.1) is 6.54 Å². The molecule has 116 valence electrons. The maximum atomic E-state index is 11.9. The van der Waals surface area contributed by atoms with E-state index in [-0.39, 0.29) is 18.5 Å². The van der Waals surface area contributed by atoms with Crippen LogP contribution in [0.5, 0.6) is 0 Å². The van der Waals surface area contributed by atoms with Crippen molar-refractivity contribution in [3.8, 4) is 0 Å². The third kappa shape index (κ3) is 5.46. The Morgan fingerprint density at radius 3 is 2.55 bits per heavy atom. The van der Waals surface area contributed by atoms with E-state index in [0.717, 1.165) is 25.9 Å². The average molecular weight is 284 g/mol. The van der Waals surface area contributed by atoms with Crippen LogP contribution in [0.25, 0.3) is 0 Å². The van der Waals surface area contributed by atoms with Gasteiger partial charge in [0.1, 0.15) is 0 Å². The fourth-order valence-corrected chi connectivity index (χ4v) is 2.45. The maximum absolute atomic E-state index is 11.9. The first-order chi connectivity index (χ1) is 9.46. The zero-order valence-corrected chi connectivity index (χ0v) is 13.0. The van der Waals surface area contributed by atoms with Crippen LogP contribution in [-0.4, -0.2) is 54.6 Å². The molecule has 6 nitrogen and oxygen atoms in total. The van der Waals surface area contributed by atoms with Crippen LogP contribution in [0.3, 0.4) is 0 Å². The molecule has 1 heterocycles. The second-order valence-corrected chi connectivity index (χ2v) is 5.68. The van der Waals surface area contributed by atoms with Crippen molar-refractivity contribution in [2.45, 2.75) is 58.7 Å². The first-order valence-corrected chi connectivity index (χ1v) is 7.54. The largest absolute Gasteiger partial charge is 0.336 e. The monoisotopic (exact) mass is 284 g/mol. The third-order valence-electron chi connectivity index (χ3n) is 3.60. The highest BCUT2D eigenvalue weighted by Crippen LogP contribution is 2.11. The molecule has 20 heavy (non-hydrogen) atoms. The van der Waals surface area contributed by atoms with Crippen LogP contribution in [0.2, 0.25) is 0 Å². The van der Waals surface area contributed by atoms with Crippen LogP contribution in [0.15, 0.2) is 0 Å². The molecule has 0 bridgehead atoms. The van der Waals surface area contributed by atoms with E-state index in [1.54, 1.807) is 0 Å². The van der Waals surface area contributed by atoms with Crippen molar-refractivity contribution in [1.29, 1.82) is 0 Å². The molecule has 3 amide bonds. The molecule has 0 aromatic heterocycles. The summed E-state index contributed by atoms with van der Waals surface area (Å²) in [5, 5.41) is 8.53. The number of rotatable bonds is 5. The highest BCUT2D eigenvalue weighted by atomic mass is 16.2. The van der Waals surface area contributed by atoms with Crippen molar-refractivity contribution in [3.05, 3.63) is 0 Å². The van der Waals surface area contributed by atoms with Gasteiger partial charge in [-0.2, -0.15) is 0 Å². The Morgan fingerprint density at radius 1 is 1.30 bits per heavy atom. The first-order valence-electron chi connectivity index (χ1n) is 7.54. The van der Waals surface area contributed by atoms with Crippen LogP contribution >= 0.6 is 0 Å². The van der Waals surface area contributed by atoms with E-state index in [9.17, 15) is 9.59 Å². The number of carbonyl (C=O) groups is 2. The molecule has 1 saturated heterocycles. The summed E-state index contributed by atoms with van der Waals surface area (Å²) < 4.78 is 0. The minimum absolute atomic E-state index is 0.0230. The fourth-order valence-electron chi connectivity index (χ4n) is 2.45. The second-order valence-electron chi connectivity index (χ2n) is 5.68. The molecule has 2 unspecified atom stereocenters. The normalized spacial score (nSPS) is 23.6. The van der Waals surface area contributed by atoms with Crippen LogP contribution < -0.4 is 16.0 Å². The van der Waals surface area contributed by atoms with E-state index >= 15 is 0 Å². The Bertz CT molecular complexity index is 333. The Kier molecular flexibility index (Phi) is 6.95. The Labute approximate surface area is 121 Å². The van der Waals surface area contributed by atoms with Gasteiger partial charge >= 0.3 is 6.03 Å². The van der Waals surface area contributed by atoms with Crippen molar-refractivity contribution < 1.29 is 9.59 Å². The molecule has 2 atom stereocenters. The molecule has 1 aliphatic heterocycles. The highest BCUT2D eigenvalue weighted by Gasteiger charge is 2.27. The van der Waals surface area contributed by atoms with Gasteiger partial charge < -0.3 is 10.6 Å². The summed E-state index contributed by atoms with van der Waals surface area (Å²) in [6.07, 6.45) is 2.04. The van der Waals surface area contributed by atoms with Crippen LogP contribution in [0, 0.1) is 0 Å². The average Bonchev–Trinajstić information content (AvgIpc) is 2.37. The molecular formula is C14H28N4O2. The number of urea groups is 1. The lowest BCUT2D eigenvalue weighted by atomic mass is 10.1. The van der Waals surface area contributed by atoms with E-state index in [4.69, 9.17) is 0 Å². The quantitative estimate of drug-likeness (QED) is 0.694. The van der Waals surface area contributed by atoms with Crippen molar-refractivity contribution >= 4 is 11.9 Å². The van der Waals surface area contributed by atoms with Crippen molar-refractivity contribution in [1.82, 2.24) is 20.9 Å². The minimum Gasteiger partial charge on any atom is -0.336 e. The number of hydrogen-bond donors (Lipinski definition) is 3. The zero-order valence-electron chi connectivity index (χ0n) is 13.0. The summed E-state index contributed by atoms with van der Waals surface area (Å²) >= 11 is 0. The molecule has 0 radical (unpaired) electrons. The van der Waals surface area contributed by atoms with Gasteiger partial charge in [-0.25, -0.2) is 4.79 Å². The molecule has 0 aliphatic carbocycles. The maximum Gasteiger partial charge on any atom is 0.321 e. The summed E-state index contributed by atoms with van der Waals surface area (Å²) in [5.74, 6) is -0.238. The van der Waals surface area contributed by atoms with Crippen LogP contribution in [-0.2, 0) is 4.79 Å². The number of nitrogens with one attached hydrogen (secondary N) is 3. The summed E-state index contributed by atoms with van der Waals surface area (Å²) in [6.45, 7) is 10.0. The van der Waals surface area contributed by atoms with Crippen molar-refractivity contribution in [3.63, 3.8) is 0 Å². The first kappa shape index (κ1) is 16.9. The summed E-state index contributed by atoms with van der Waals surface area (Å²) in [6, 6.07) is 0.391. The smallest absolute Gasteiger partial charge is 0.321 e. The lowest BCUT2D eigenvalue weighted by molar-refractivity contribution is -0.122. The van der Waals surface area contributed by atoms with Gasteiger partial charge in [-0.3, -0.25) is 15.0 Å². The van der Waals surface area contributed by atoms with Crippen molar-refractivity contribution in [2.24, 2.45) is 0 Å². The van der Waals surface area contributed by atoms with Gasteiger partial charge in [-0.1, -0.05) is 13.8 Å². The molecule has 0 aromatic carbocycles. The molecule has 0 aromatic rings. The Balaban J connectivity index is 2.47. The number of amides is 3. The van der Waals surface area contributed by atoms with Gasteiger partial charge in [0, 0.05) is 31.2 Å². The molecule has 0 spiro atoms. The number of imide groups is 1. The van der Waals surface area contributed by atoms with E-state index in [1.807, 2.05) is 13.8 Å².